The van der Waals surface area contributed by atoms with Crippen molar-refractivity contribution < 1.29 is 14.6 Å². The molecule has 1 aliphatic rings. The summed E-state index contributed by atoms with van der Waals surface area (Å²) in [6.45, 7) is 8.01. The zero-order valence-electron chi connectivity index (χ0n) is 13.6. The molecule has 3 nitrogen and oxygen atoms in total. The number of carboxylic acids is 1. The molecule has 0 aromatic carbocycles. The third-order valence-electron chi connectivity index (χ3n) is 4.06. The van der Waals surface area contributed by atoms with Crippen LogP contribution in [-0.4, -0.2) is 23.3 Å². The van der Waals surface area contributed by atoms with E-state index in [0.29, 0.717) is 0 Å². The molecule has 0 aromatic rings. The highest BCUT2D eigenvalue weighted by Crippen LogP contribution is 2.32. The fourth-order valence-corrected chi connectivity index (χ4v) is 2.56. The number of carbonyl (C=O) groups is 1. The first kappa shape index (κ1) is 18.0. The van der Waals surface area contributed by atoms with Crippen molar-refractivity contribution >= 4 is 5.97 Å². The van der Waals surface area contributed by atoms with Crippen LogP contribution in [0.25, 0.3) is 0 Å². The molecule has 0 aromatic heterocycles. The van der Waals surface area contributed by atoms with E-state index < -0.39 is 5.97 Å². The van der Waals surface area contributed by atoms with E-state index in [2.05, 4.69) is 26.5 Å². The molecular weight excluding hydrogens is 264 g/mol. The molecule has 0 saturated carbocycles. The molecule has 2 unspecified atom stereocenters. The smallest absolute Gasteiger partial charge is 0.333 e. The van der Waals surface area contributed by atoms with Gasteiger partial charge in [-0.3, -0.25) is 0 Å². The summed E-state index contributed by atoms with van der Waals surface area (Å²) < 4.78 is 5.35. The number of allylic oxidation sites excluding steroid dienone is 2. The second-order valence-electron chi connectivity index (χ2n) is 6.07. The number of ether oxygens (including phenoxy) is 1. The highest BCUT2D eigenvalue weighted by Gasteiger charge is 2.42. The van der Waals surface area contributed by atoms with Gasteiger partial charge in [0.25, 0.3) is 0 Å². The molecule has 1 saturated heterocycles. The van der Waals surface area contributed by atoms with Crippen LogP contribution in [-0.2, 0) is 9.53 Å². The molecule has 1 N–H and O–H groups in total. The van der Waals surface area contributed by atoms with Gasteiger partial charge in [0.1, 0.15) is 6.10 Å². The van der Waals surface area contributed by atoms with E-state index >= 15 is 0 Å². The molecule has 0 spiro atoms. The molecule has 0 bridgehead atoms. The van der Waals surface area contributed by atoms with Crippen LogP contribution >= 0.6 is 0 Å². The van der Waals surface area contributed by atoms with Crippen LogP contribution in [0.15, 0.2) is 23.8 Å². The number of rotatable bonds is 12. The first-order valence-electron chi connectivity index (χ1n) is 8.29. The molecular formula is C18H30O3. The maximum absolute atomic E-state index is 10.7. The van der Waals surface area contributed by atoms with Crippen LogP contribution in [0.1, 0.15) is 71.6 Å². The zero-order valence-corrected chi connectivity index (χ0v) is 13.6. The van der Waals surface area contributed by atoms with Gasteiger partial charge in [-0.05, 0) is 39.0 Å². The normalized spacial score (nSPS) is 21.3. The van der Waals surface area contributed by atoms with Gasteiger partial charge < -0.3 is 9.84 Å². The van der Waals surface area contributed by atoms with Crippen molar-refractivity contribution in [2.24, 2.45) is 0 Å². The molecule has 3 heteroatoms. The summed E-state index contributed by atoms with van der Waals surface area (Å²) in [6.07, 6.45) is 13.0. The third-order valence-corrected chi connectivity index (χ3v) is 4.06. The average molecular weight is 294 g/mol. The predicted octanol–water partition coefficient (Wildman–Crippen LogP) is 4.87. The summed E-state index contributed by atoms with van der Waals surface area (Å²) in [4.78, 5) is 10.7. The van der Waals surface area contributed by atoms with Gasteiger partial charge in [0.15, 0.2) is 0 Å². The van der Waals surface area contributed by atoms with Gasteiger partial charge in [0.2, 0.25) is 0 Å². The standard InChI is InChI=1S/C18H30O3/c1-4-5-6-8-11-14(2)12-9-7-10-13-16-17(21-16)15(3)18(19)20/h12,16-17H,3-11,13H2,1-2H3,(H,19,20). The van der Waals surface area contributed by atoms with Gasteiger partial charge in [0, 0.05) is 0 Å². The second-order valence-corrected chi connectivity index (χ2v) is 6.07. The fourth-order valence-electron chi connectivity index (χ4n) is 2.56. The Balaban J connectivity index is 2.00. The number of epoxide rings is 1. The molecule has 120 valence electrons. The molecule has 1 aliphatic heterocycles. The molecule has 0 aliphatic carbocycles. The highest BCUT2D eigenvalue weighted by molar-refractivity contribution is 5.87. The average Bonchev–Trinajstić information content (AvgIpc) is 3.21. The molecule has 1 rings (SSSR count). The van der Waals surface area contributed by atoms with Gasteiger partial charge in [-0.25, -0.2) is 4.79 Å². The highest BCUT2D eigenvalue weighted by atomic mass is 16.6. The van der Waals surface area contributed by atoms with Gasteiger partial charge in [-0.15, -0.1) is 0 Å². The Hall–Kier alpha value is -1.09. The van der Waals surface area contributed by atoms with E-state index in [1.807, 2.05) is 0 Å². The van der Waals surface area contributed by atoms with Crippen molar-refractivity contribution in [1.29, 1.82) is 0 Å². The maximum Gasteiger partial charge on any atom is 0.333 e. The lowest BCUT2D eigenvalue weighted by atomic mass is 10.0. The van der Waals surface area contributed by atoms with E-state index in [1.165, 1.54) is 37.7 Å². The quantitative estimate of drug-likeness (QED) is 0.242. The van der Waals surface area contributed by atoms with Gasteiger partial charge in [-0.1, -0.05) is 50.8 Å². The number of carboxylic acid groups (broad SMARTS) is 1. The van der Waals surface area contributed by atoms with Gasteiger partial charge in [-0.2, -0.15) is 0 Å². The number of aliphatic carboxylic acids is 1. The first-order chi connectivity index (χ1) is 10.1. The number of hydrogen-bond donors (Lipinski definition) is 1. The molecule has 0 radical (unpaired) electrons. The second kappa shape index (κ2) is 9.78. The van der Waals surface area contributed by atoms with E-state index in [1.54, 1.807) is 0 Å². The van der Waals surface area contributed by atoms with E-state index in [-0.39, 0.29) is 17.8 Å². The van der Waals surface area contributed by atoms with Crippen LogP contribution < -0.4 is 0 Å². The van der Waals surface area contributed by atoms with E-state index in [4.69, 9.17) is 9.84 Å². The third kappa shape index (κ3) is 7.47. The zero-order chi connectivity index (χ0) is 15.7. The lowest BCUT2D eigenvalue weighted by molar-refractivity contribution is -0.132. The first-order valence-corrected chi connectivity index (χ1v) is 8.29. The maximum atomic E-state index is 10.7. The molecule has 21 heavy (non-hydrogen) atoms. The molecule has 0 amide bonds. The van der Waals surface area contributed by atoms with Crippen molar-refractivity contribution in [3.8, 4) is 0 Å². The van der Waals surface area contributed by atoms with Crippen molar-refractivity contribution in [2.45, 2.75) is 83.8 Å². The summed E-state index contributed by atoms with van der Waals surface area (Å²) in [6, 6.07) is 0. The minimum Gasteiger partial charge on any atom is -0.478 e. The van der Waals surface area contributed by atoms with Crippen molar-refractivity contribution in [1.82, 2.24) is 0 Å². The monoisotopic (exact) mass is 294 g/mol. The number of unbranched alkanes of at least 4 members (excludes halogenated alkanes) is 5. The molecule has 2 atom stereocenters. The topological polar surface area (TPSA) is 49.8 Å². The van der Waals surface area contributed by atoms with Crippen LogP contribution in [0, 0.1) is 0 Å². The predicted molar refractivity (Wildman–Crippen MR) is 86.4 cm³/mol. The Kier molecular flexibility index (Phi) is 8.36. The van der Waals surface area contributed by atoms with Gasteiger partial charge in [0.05, 0.1) is 11.7 Å². The van der Waals surface area contributed by atoms with Crippen molar-refractivity contribution in [3.63, 3.8) is 0 Å². The number of hydrogen-bond acceptors (Lipinski definition) is 2. The summed E-state index contributed by atoms with van der Waals surface area (Å²) in [5.74, 6) is -0.941. The Morgan fingerprint density at radius 2 is 2.00 bits per heavy atom. The molecule has 1 heterocycles. The Morgan fingerprint density at radius 3 is 2.67 bits per heavy atom. The van der Waals surface area contributed by atoms with Crippen LogP contribution in [0.2, 0.25) is 0 Å². The summed E-state index contributed by atoms with van der Waals surface area (Å²) >= 11 is 0. The summed E-state index contributed by atoms with van der Waals surface area (Å²) in [5.41, 5.74) is 1.70. The Labute approximate surface area is 129 Å². The van der Waals surface area contributed by atoms with Crippen LogP contribution in [0.3, 0.4) is 0 Å². The SMILES string of the molecule is C=C(C(=O)O)C1OC1CCCCC=C(C)CCCCCC. The minimum absolute atomic E-state index is 0.0905. The Bertz CT molecular complexity index is 371. The lowest BCUT2D eigenvalue weighted by Gasteiger charge is -2.01. The Morgan fingerprint density at radius 1 is 1.24 bits per heavy atom. The van der Waals surface area contributed by atoms with Crippen LogP contribution in [0.5, 0.6) is 0 Å². The van der Waals surface area contributed by atoms with E-state index in [0.717, 1.165) is 25.7 Å². The van der Waals surface area contributed by atoms with E-state index in [9.17, 15) is 4.79 Å². The summed E-state index contributed by atoms with van der Waals surface area (Å²) in [5, 5.41) is 8.80. The minimum atomic E-state index is -0.941. The van der Waals surface area contributed by atoms with Crippen molar-refractivity contribution in [2.75, 3.05) is 0 Å². The van der Waals surface area contributed by atoms with Gasteiger partial charge >= 0.3 is 5.97 Å². The fraction of sp³-hybridized carbons (Fsp3) is 0.722. The summed E-state index contributed by atoms with van der Waals surface area (Å²) in [7, 11) is 0. The van der Waals surface area contributed by atoms with Crippen LogP contribution in [0.4, 0.5) is 0 Å². The molecule has 1 fully saturated rings. The largest absolute Gasteiger partial charge is 0.478 e. The van der Waals surface area contributed by atoms with Crippen molar-refractivity contribution in [3.05, 3.63) is 23.8 Å². The lowest BCUT2D eigenvalue weighted by Crippen LogP contribution is -2.07.